The van der Waals surface area contributed by atoms with Crippen LogP contribution >= 0.6 is 11.3 Å². The average Bonchev–Trinajstić information content (AvgIpc) is 3.46. The molecule has 3 aromatic rings. The zero-order chi connectivity index (χ0) is 22.9. The first kappa shape index (κ1) is 22.4. The second-order valence-corrected chi connectivity index (χ2v) is 10.2. The molecule has 0 aliphatic carbocycles. The summed E-state index contributed by atoms with van der Waals surface area (Å²) in [5, 5.41) is 11.6. The molecule has 0 bridgehead atoms. The molecule has 0 saturated carbocycles. The van der Waals surface area contributed by atoms with Gasteiger partial charge in [-0.25, -0.2) is 8.42 Å². The lowest BCUT2D eigenvalue weighted by Gasteiger charge is -2.29. The molecule has 1 aliphatic heterocycles. The minimum atomic E-state index is -4.45. The summed E-state index contributed by atoms with van der Waals surface area (Å²) in [5.74, 6) is -0.863. The van der Waals surface area contributed by atoms with Crippen molar-refractivity contribution in [1.29, 1.82) is 0 Å². The number of benzene rings is 1. The highest BCUT2D eigenvalue weighted by molar-refractivity contribution is 7.91. The van der Waals surface area contributed by atoms with Crippen molar-refractivity contribution in [1.82, 2.24) is 14.5 Å². The van der Waals surface area contributed by atoms with E-state index in [9.17, 15) is 26.4 Å². The van der Waals surface area contributed by atoms with Gasteiger partial charge in [0.05, 0.1) is 5.56 Å². The molecule has 0 atom stereocenters. The summed E-state index contributed by atoms with van der Waals surface area (Å²) < 4.78 is 70.1. The normalized spacial score (nSPS) is 16.2. The highest BCUT2D eigenvalue weighted by atomic mass is 32.2. The molecule has 8 nitrogen and oxygen atoms in total. The van der Waals surface area contributed by atoms with Gasteiger partial charge in [-0.05, 0) is 48.6 Å². The van der Waals surface area contributed by atoms with Crippen LogP contribution in [0.5, 0.6) is 0 Å². The second kappa shape index (κ2) is 8.64. The number of amides is 1. The third-order valence-electron chi connectivity index (χ3n) is 5.03. The van der Waals surface area contributed by atoms with Gasteiger partial charge in [0, 0.05) is 24.6 Å². The minimum absolute atomic E-state index is 0.0362. The first-order valence-electron chi connectivity index (χ1n) is 9.50. The topological polar surface area (TPSA) is 105 Å². The minimum Gasteiger partial charge on any atom is -0.403 e. The number of sulfonamides is 1. The lowest BCUT2D eigenvalue weighted by molar-refractivity contribution is -0.137. The fourth-order valence-electron chi connectivity index (χ4n) is 3.30. The number of halogens is 3. The van der Waals surface area contributed by atoms with Crippen molar-refractivity contribution >= 4 is 33.3 Å². The molecule has 3 heterocycles. The molecular weight excluding hydrogens is 469 g/mol. The summed E-state index contributed by atoms with van der Waals surface area (Å²) in [7, 11) is -3.56. The molecule has 4 rings (SSSR count). The SMILES string of the molecule is O=C(Nc1nnc(-c2ccc(C(F)(F)F)cc2)o1)C1CCN(S(=O)(=O)c2cccs2)CC1. The molecule has 1 N–H and O–H groups in total. The Balaban J connectivity index is 1.35. The van der Waals surface area contributed by atoms with Crippen molar-refractivity contribution in [3.8, 4) is 11.5 Å². The van der Waals surface area contributed by atoms with E-state index in [1.807, 2.05) is 0 Å². The van der Waals surface area contributed by atoms with E-state index in [0.29, 0.717) is 12.8 Å². The highest BCUT2D eigenvalue weighted by Crippen LogP contribution is 2.31. The molecular formula is C19H17F3N4O4S2. The van der Waals surface area contributed by atoms with Crippen molar-refractivity contribution in [3.05, 3.63) is 47.3 Å². The highest BCUT2D eigenvalue weighted by Gasteiger charge is 2.33. The first-order valence-corrected chi connectivity index (χ1v) is 11.8. The predicted molar refractivity (Wildman–Crippen MR) is 109 cm³/mol. The van der Waals surface area contributed by atoms with Crippen molar-refractivity contribution in [2.75, 3.05) is 18.4 Å². The maximum absolute atomic E-state index is 12.7. The van der Waals surface area contributed by atoms with E-state index >= 15 is 0 Å². The van der Waals surface area contributed by atoms with Gasteiger partial charge in [-0.15, -0.1) is 16.4 Å². The van der Waals surface area contributed by atoms with Gasteiger partial charge in [0.25, 0.3) is 10.0 Å². The number of carbonyl (C=O) groups is 1. The van der Waals surface area contributed by atoms with Crippen molar-refractivity contribution in [2.24, 2.45) is 5.92 Å². The van der Waals surface area contributed by atoms with Gasteiger partial charge in [-0.1, -0.05) is 11.2 Å². The van der Waals surface area contributed by atoms with Gasteiger partial charge in [0.1, 0.15) is 4.21 Å². The molecule has 0 radical (unpaired) electrons. The predicted octanol–water partition coefficient (Wildman–Crippen LogP) is 3.86. The van der Waals surface area contributed by atoms with Crippen LogP contribution < -0.4 is 5.32 Å². The molecule has 0 spiro atoms. The summed E-state index contributed by atoms with van der Waals surface area (Å²) in [6.45, 7) is 0.415. The largest absolute Gasteiger partial charge is 0.416 e. The number of thiophene rings is 1. The fourth-order valence-corrected chi connectivity index (χ4v) is 5.91. The van der Waals surface area contributed by atoms with E-state index in [4.69, 9.17) is 4.42 Å². The molecule has 1 saturated heterocycles. The van der Waals surface area contributed by atoms with Crippen molar-refractivity contribution < 1.29 is 30.8 Å². The first-order chi connectivity index (χ1) is 15.1. The van der Waals surface area contributed by atoms with Gasteiger partial charge in [0.15, 0.2) is 0 Å². The molecule has 1 amide bonds. The van der Waals surface area contributed by atoms with Gasteiger partial charge in [0.2, 0.25) is 11.8 Å². The number of anilines is 1. The van der Waals surface area contributed by atoms with Gasteiger partial charge < -0.3 is 4.42 Å². The van der Waals surface area contributed by atoms with Crippen LogP contribution in [0.25, 0.3) is 11.5 Å². The van der Waals surface area contributed by atoms with Crippen LogP contribution in [0.2, 0.25) is 0 Å². The number of carbonyl (C=O) groups excluding carboxylic acids is 1. The zero-order valence-electron chi connectivity index (χ0n) is 16.4. The Kier molecular flexibility index (Phi) is 6.05. The smallest absolute Gasteiger partial charge is 0.403 e. The number of rotatable bonds is 5. The third kappa shape index (κ3) is 4.69. The van der Waals surface area contributed by atoms with Gasteiger partial charge in [-0.2, -0.15) is 17.5 Å². The fraction of sp³-hybridized carbons (Fsp3) is 0.316. The molecule has 13 heteroatoms. The Bertz CT molecular complexity index is 1180. The Hall–Kier alpha value is -2.77. The molecule has 1 fully saturated rings. The summed E-state index contributed by atoms with van der Waals surface area (Å²) in [6.07, 6.45) is -3.79. The van der Waals surface area contributed by atoms with Gasteiger partial charge in [-0.3, -0.25) is 10.1 Å². The Morgan fingerprint density at radius 2 is 1.81 bits per heavy atom. The number of piperidine rings is 1. The third-order valence-corrected chi connectivity index (χ3v) is 8.30. The van der Waals surface area contributed by atoms with E-state index < -0.39 is 27.7 Å². The van der Waals surface area contributed by atoms with E-state index in [2.05, 4.69) is 15.5 Å². The number of alkyl halides is 3. The van der Waals surface area contributed by atoms with E-state index in [1.165, 1.54) is 16.4 Å². The number of hydrogen-bond donors (Lipinski definition) is 1. The Labute approximate surface area is 185 Å². The second-order valence-electron chi connectivity index (χ2n) is 7.09. The number of hydrogen-bond acceptors (Lipinski definition) is 7. The summed E-state index contributed by atoms with van der Waals surface area (Å²) in [5.41, 5.74) is -0.528. The summed E-state index contributed by atoms with van der Waals surface area (Å²) in [6, 6.07) is 7.23. The molecule has 2 aromatic heterocycles. The lowest BCUT2D eigenvalue weighted by Crippen LogP contribution is -2.41. The van der Waals surface area contributed by atoms with Crippen LogP contribution in [-0.2, 0) is 21.0 Å². The van der Waals surface area contributed by atoms with Crippen LogP contribution in [0.15, 0.2) is 50.4 Å². The number of aromatic nitrogens is 2. The molecule has 1 aliphatic rings. The average molecular weight is 486 g/mol. The maximum Gasteiger partial charge on any atom is 0.416 e. The van der Waals surface area contributed by atoms with E-state index in [-0.39, 0.29) is 40.7 Å². The van der Waals surface area contributed by atoms with Crippen LogP contribution in [0.1, 0.15) is 18.4 Å². The monoisotopic (exact) mass is 486 g/mol. The van der Waals surface area contributed by atoms with Crippen LogP contribution in [-0.4, -0.2) is 41.9 Å². The Morgan fingerprint density at radius 3 is 2.41 bits per heavy atom. The standard InChI is InChI=1S/C19H17F3N4O4S2/c20-19(21,22)14-5-3-13(4-6-14)17-24-25-18(30-17)23-16(27)12-7-9-26(10-8-12)32(28,29)15-2-1-11-31-15/h1-6,11-12H,7-10H2,(H,23,25,27). The molecule has 1 aromatic carbocycles. The van der Waals surface area contributed by atoms with Crippen LogP contribution in [0, 0.1) is 5.92 Å². The zero-order valence-corrected chi connectivity index (χ0v) is 18.0. The lowest BCUT2D eigenvalue weighted by atomic mass is 9.97. The van der Waals surface area contributed by atoms with Crippen molar-refractivity contribution in [3.63, 3.8) is 0 Å². The van der Waals surface area contributed by atoms with Crippen LogP contribution in [0.4, 0.5) is 19.2 Å². The number of nitrogens with zero attached hydrogens (tertiary/aromatic N) is 3. The summed E-state index contributed by atoms with van der Waals surface area (Å²) >= 11 is 1.14. The Morgan fingerprint density at radius 1 is 1.12 bits per heavy atom. The number of nitrogens with one attached hydrogen (secondary N) is 1. The molecule has 170 valence electrons. The van der Waals surface area contributed by atoms with E-state index in [0.717, 1.165) is 23.5 Å². The van der Waals surface area contributed by atoms with Crippen LogP contribution in [0.3, 0.4) is 0 Å². The molecule has 0 unspecified atom stereocenters. The summed E-state index contributed by atoms with van der Waals surface area (Å²) in [4.78, 5) is 12.5. The van der Waals surface area contributed by atoms with Gasteiger partial charge >= 0.3 is 12.2 Å². The quantitative estimate of drug-likeness (QED) is 0.587. The molecule has 32 heavy (non-hydrogen) atoms. The van der Waals surface area contributed by atoms with E-state index in [1.54, 1.807) is 17.5 Å². The maximum atomic E-state index is 12.7. The van der Waals surface area contributed by atoms with Crippen molar-refractivity contribution in [2.45, 2.75) is 23.2 Å².